The Labute approximate surface area is 261 Å². The van der Waals surface area contributed by atoms with Crippen molar-refractivity contribution in [3.8, 4) is 0 Å². The first kappa shape index (κ1) is 39.6. The number of carboxylic acid groups (broad SMARTS) is 1. The van der Waals surface area contributed by atoms with Gasteiger partial charge in [-0.15, -0.1) is 0 Å². The molecule has 0 heterocycles. The highest BCUT2D eigenvalue weighted by Gasteiger charge is 2.14. The monoisotopic (exact) mass is 579 g/mol. The van der Waals surface area contributed by atoms with Crippen LogP contribution in [0.5, 0.6) is 0 Å². The Morgan fingerprint density at radius 2 is 0.762 bits per heavy atom. The van der Waals surface area contributed by atoms with Gasteiger partial charge in [0.1, 0.15) is 0 Å². The maximum atomic E-state index is 11.1. The van der Waals surface area contributed by atoms with Crippen molar-refractivity contribution in [3.05, 3.63) is 85.1 Å². The summed E-state index contributed by atoms with van der Waals surface area (Å²) < 4.78 is 0. The van der Waals surface area contributed by atoms with E-state index in [4.69, 9.17) is 0 Å². The Morgan fingerprint density at radius 3 is 1.12 bits per heavy atom. The van der Waals surface area contributed by atoms with Gasteiger partial charge in [-0.2, -0.15) is 0 Å². The maximum absolute atomic E-state index is 11.1. The molecule has 0 aromatic heterocycles. The molecule has 0 bridgehead atoms. The number of unbranched alkanes of at least 4 members (excludes halogenated alkanes) is 17. The summed E-state index contributed by atoms with van der Waals surface area (Å²) in [5, 5.41) is 9.17. The van der Waals surface area contributed by atoms with E-state index >= 15 is 0 Å². The predicted octanol–water partition coefficient (Wildman–Crippen LogP) is 13.2. The standard InChI is InChI=1S/C40H66O2/c1-3-5-6-7-8-9-10-11-12-13-14-15-16-17-18-19-20-21-22-23-24-25-26-27-28-29-30-31-32-33-34-35-36-38-39(37-4-2)40(41)42/h21-34,39H,3-20,35-38H2,1-2H3,(H,41,42). The molecule has 0 amide bonds. The number of hydrogen-bond acceptors (Lipinski definition) is 1. The van der Waals surface area contributed by atoms with Gasteiger partial charge >= 0.3 is 5.97 Å². The molecule has 0 fully saturated rings. The maximum Gasteiger partial charge on any atom is 0.306 e. The Hall–Kier alpha value is -2.35. The Bertz CT molecular complexity index is 777. The SMILES string of the molecule is CCCCCCCCCCCCCCCCCCC=CC=CC=CC=CC=CC=CC=CCCCC(CCC)C(=O)O. The van der Waals surface area contributed by atoms with Crippen molar-refractivity contribution in [2.75, 3.05) is 0 Å². The van der Waals surface area contributed by atoms with Crippen LogP contribution in [-0.4, -0.2) is 11.1 Å². The second kappa shape index (κ2) is 34.8. The minimum atomic E-state index is -0.655. The number of hydrogen-bond donors (Lipinski definition) is 1. The van der Waals surface area contributed by atoms with Crippen LogP contribution in [0.2, 0.25) is 0 Å². The number of allylic oxidation sites excluding steroid dienone is 14. The van der Waals surface area contributed by atoms with Crippen LogP contribution in [0.25, 0.3) is 0 Å². The van der Waals surface area contributed by atoms with Gasteiger partial charge < -0.3 is 5.11 Å². The molecule has 42 heavy (non-hydrogen) atoms. The average molecular weight is 579 g/mol. The van der Waals surface area contributed by atoms with Crippen LogP contribution in [0, 0.1) is 5.92 Å². The topological polar surface area (TPSA) is 37.3 Å². The van der Waals surface area contributed by atoms with Crippen molar-refractivity contribution in [3.63, 3.8) is 0 Å². The molecule has 0 spiro atoms. The number of rotatable bonds is 30. The van der Waals surface area contributed by atoms with Crippen molar-refractivity contribution < 1.29 is 9.90 Å². The molecule has 0 aromatic carbocycles. The van der Waals surface area contributed by atoms with E-state index < -0.39 is 5.97 Å². The van der Waals surface area contributed by atoms with Crippen LogP contribution in [0.3, 0.4) is 0 Å². The number of aliphatic carboxylic acids is 1. The largest absolute Gasteiger partial charge is 0.481 e. The smallest absolute Gasteiger partial charge is 0.306 e. The fourth-order valence-electron chi connectivity index (χ4n) is 5.02. The van der Waals surface area contributed by atoms with E-state index in [1.807, 2.05) is 55.5 Å². The van der Waals surface area contributed by atoms with E-state index in [1.54, 1.807) is 0 Å². The van der Waals surface area contributed by atoms with Crippen molar-refractivity contribution in [2.24, 2.45) is 5.92 Å². The summed E-state index contributed by atoms with van der Waals surface area (Å²) in [6.45, 7) is 4.33. The van der Waals surface area contributed by atoms with E-state index in [9.17, 15) is 9.90 Å². The highest BCUT2D eigenvalue weighted by Crippen LogP contribution is 2.16. The molecule has 2 nitrogen and oxygen atoms in total. The summed E-state index contributed by atoms with van der Waals surface area (Å²) in [5.41, 5.74) is 0. The first-order valence-electron chi connectivity index (χ1n) is 17.6. The van der Waals surface area contributed by atoms with Gasteiger partial charge in [-0.3, -0.25) is 4.79 Å². The zero-order valence-electron chi connectivity index (χ0n) is 27.6. The van der Waals surface area contributed by atoms with Crippen LogP contribution in [0.15, 0.2) is 85.1 Å². The van der Waals surface area contributed by atoms with E-state index in [-0.39, 0.29) is 5.92 Å². The van der Waals surface area contributed by atoms with Crippen LogP contribution >= 0.6 is 0 Å². The fraction of sp³-hybridized carbons (Fsp3) is 0.625. The van der Waals surface area contributed by atoms with Crippen LogP contribution < -0.4 is 0 Å². The number of carboxylic acids is 1. The van der Waals surface area contributed by atoms with Crippen LogP contribution in [-0.2, 0) is 4.79 Å². The predicted molar refractivity (Wildman–Crippen MR) is 188 cm³/mol. The molecular weight excluding hydrogens is 512 g/mol. The minimum Gasteiger partial charge on any atom is -0.481 e. The summed E-state index contributed by atoms with van der Waals surface area (Å²) in [6.07, 6.45) is 57.2. The Morgan fingerprint density at radius 1 is 0.429 bits per heavy atom. The average Bonchev–Trinajstić information content (AvgIpc) is 2.98. The lowest BCUT2D eigenvalue weighted by Crippen LogP contribution is -2.13. The summed E-state index contributed by atoms with van der Waals surface area (Å²) in [5.74, 6) is -0.842. The molecule has 0 rings (SSSR count). The summed E-state index contributed by atoms with van der Waals surface area (Å²) in [4.78, 5) is 11.1. The minimum absolute atomic E-state index is 0.187. The molecule has 238 valence electrons. The molecule has 1 unspecified atom stereocenters. The van der Waals surface area contributed by atoms with Gasteiger partial charge in [0.25, 0.3) is 0 Å². The van der Waals surface area contributed by atoms with Gasteiger partial charge in [-0.1, -0.05) is 202 Å². The lowest BCUT2D eigenvalue weighted by Gasteiger charge is -2.09. The highest BCUT2D eigenvalue weighted by molar-refractivity contribution is 5.69. The molecule has 0 saturated heterocycles. The third-order valence-electron chi connectivity index (χ3n) is 7.63. The third kappa shape index (κ3) is 32.2. The first-order valence-corrected chi connectivity index (χ1v) is 17.6. The molecular formula is C40H66O2. The number of carbonyl (C=O) groups is 1. The van der Waals surface area contributed by atoms with Crippen LogP contribution in [0.4, 0.5) is 0 Å². The summed E-state index contributed by atoms with van der Waals surface area (Å²) in [6, 6.07) is 0. The first-order chi connectivity index (χ1) is 20.7. The van der Waals surface area contributed by atoms with Gasteiger partial charge in [-0.05, 0) is 38.5 Å². The van der Waals surface area contributed by atoms with E-state index in [1.165, 1.54) is 109 Å². The second-order valence-electron chi connectivity index (χ2n) is 11.6. The quantitative estimate of drug-likeness (QED) is 0.0680. The normalized spacial score (nSPS) is 13.6. The molecule has 1 N–H and O–H groups in total. The van der Waals surface area contributed by atoms with Crippen molar-refractivity contribution >= 4 is 5.97 Å². The van der Waals surface area contributed by atoms with Crippen molar-refractivity contribution in [1.29, 1.82) is 0 Å². The molecule has 0 saturated carbocycles. The van der Waals surface area contributed by atoms with Gasteiger partial charge in [0.2, 0.25) is 0 Å². The van der Waals surface area contributed by atoms with Gasteiger partial charge in [0, 0.05) is 0 Å². The molecule has 0 aliphatic rings. The van der Waals surface area contributed by atoms with Crippen molar-refractivity contribution in [2.45, 2.75) is 155 Å². The molecule has 0 aromatic rings. The molecule has 1 atom stereocenters. The van der Waals surface area contributed by atoms with Gasteiger partial charge in [0.05, 0.1) is 5.92 Å². The van der Waals surface area contributed by atoms with Crippen molar-refractivity contribution in [1.82, 2.24) is 0 Å². The summed E-state index contributed by atoms with van der Waals surface area (Å²) in [7, 11) is 0. The molecule has 0 aliphatic carbocycles. The highest BCUT2D eigenvalue weighted by atomic mass is 16.4. The molecule has 2 heteroatoms. The summed E-state index contributed by atoms with van der Waals surface area (Å²) >= 11 is 0. The molecule has 0 aliphatic heterocycles. The Kier molecular flexibility index (Phi) is 32.9. The Balaban J connectivity index is 3.56. The zero-order valence-corrected chi connectivity index (χ0v) is 27.6. The zero-order chi connectivity index (χ0) is 30.6. The van der Waals surface area contributed by atoms with E-state index in [0.717, 1.165) is 32.1 Å². The van der Waals surface area contributed by atoms with Gasteiger partial charge in [-0.25, -0.2) is 0 Å². The van der Waals surface area contributed by atoms with E-state index in [0.29, 0.717) is 0 Å². The fourth-order valence-corrected chi connectivity index (χ4v) is 5.02. The lowest BCUT2D eigenvalue weighted by molar-refractivity contribution is -0.142. The van der Waals surface area contributed by atoms with Gasteiger partial charge in [0.15, 0.2) is 0 Å². The van der Waals surface area contributed by atoms with Crippen LogP contribution in [0.1, 0.15) is 155 Å². The van der Waals surface area contributed by atoms with E-state index in [2.05, 4.69) is 43.4 Å². The third-order valence-corrected chi connectivity index (χ3v) is 7.63. The molecule has 0 radical (unpaired) electrons. The lowest BCUT2D eigenvalue weighted by atomic mass is 9.97. The second-order valence-corrected chi connectivity index (χ2v) is 11.6.